The van der Waals surface area contributed by atoms with Gasteiger partial charge in [0.05, 0.1) is 4.88 Å². The van der Waals surface area contributed by atoms with Crippen LogP contribution in [0.25, 0.3) is 0 Å². The van der Waals surface area contributed by atoms with Crippen LogP contribution >= 0.6 is 11.3 Å². The third-order valence-electron chi connectivity index (χ3n) is 3.17. The molecule has 1 aromatic rings. The summed E-state index contributed by atoms with van der Waals surface area (Å²) in [7, 11) is 0. The molecule has 19 heavy (non-hydrogen) atoms. The normalized spacial score (nSPS) is 10.9. The number of carbonyl (C=O) groups is 1. The molecule has 1 amide bonds. The number of hydrogen-bond acceptors (Lipinski definition) is 3. The summed E-state index contributed by atoms with van der Waals surface area (Å²) in [5.41, 5.74) is 6.45. The molecule has 1 heterocycles. The molecule has 0 aliphatic heterocycles. The maximum atomic E-state index is 11.8. The molecule has 0 unspecified atom stereocenters. The molecule has 0 aromatic carbocycles. The Hall–Kier alpha value is -1.03. The second-order valence-electron chi connectivity index (χ2n) is 5.47. The molecule has 0 saturated heterocycles. The van der Waals surface area contributed by atoms with E-state index in [1.54, 1.807) is 6.07 Å². The van der Waals surface area contributed by atoms with Gasteiger partial charge in [0.2, 0.25) is 0 Å². The highest BCUT2D eigenvalue weighted by molar-refractivity contribution is 7.14. The van der Waals surface area contributed by atoms with Gasteiger partial charge in [-0.15, -0.1) is 11.3 Å². The van der Waals surface area contributed by atoms with Gasteiger partial charge in [-0.05, 0) is 25.3 Å². The smallest absolute Gasteiger partial charge is 0.261 e. The molecule has 0 saturated carbocycles. The third-order valence-corrected chi connectivity index (χ3v) is 4.24. The minimum Gasteiger partial charge on any atom is -0.398 e. The zero-order chi connectivity index (χ0) is 14.3. The minimum atomic E-state index is 0.00646. The zero-order valence-corrected chi connectivity index (χ0v) is 13.1. The molecule has 0 spiro atoms. The van der Waals surface area contributed by atoms with E-state index in [0.717, 1.165) is 28.6 Å². The van der Waals surface area contributed by atoms with Crippen molar-refractivity contribution in [2.24, 2.45) is 5.92 Å². The summed E-state index contributed by atoms with van der Waals surface area (Å²) in [6.45, 7) is 7.22. The number of nitrogens with one attached hydrogen (secondary N) is 1. The Morgan fingerprint density at radius 3 is 2.58 bits per heavy atom. The van der Waals surface area contributed by atoms with Crippen molar-refractivity contribution in [2.75, 3.05) is 12.3 Å². The molecule has 108 valence electrons. The zero-order valence-electron chi connectivity index (χ0n) is 12.3. The molecule has 0 aliphatic carbocycles. The van der Waals surface area contributed by atoms with Crippen LogP contribution in [-0.2, 0) is 0 Å². The maximum Gasteiger partial charge on any atom is 0.261 e. The number of nitrogens with two attached hydrogens (primary N) is 1. The van der Waals surface area contributed by atoms with E-state index >= 15 is 0 Å². The second-order valence-corrected chi connectivity index (χ2v) is 6.73. The lowest BCUT2D eigenvalue weighted by Crippen LogP contribution is -2.23. The lowest BCUT2D eigenvalue weighted by molar-refractivity contribution is 0.0957. The summed E-state index contributed by atoms with van der Waals surface area (Å²) in [4.78, 5) is 13.6. The minimum absolute atomic E-state index is 0.00646. The Morgan fingerprint density at radius 1 is 1.32 bits per heavy atom. The first-order valence-corrected chi connectivity index (χ1v) is 7.96. The average Bonchev–Trinajstić information content (AvgIpc) is 2.68. The van der Waals surface area contributed by atoms with Crippen molar-refractivity contribution >= 4 is 22.9 Å². The van der Waals surface area contributed by atoms with Crippen LogP contribution in [0.3, 0.4) is 0 Å². The second kappa shape index (κ2) is 8.20. The van der Waals surface area contributed by atoms with Gasteiger partial charge in [0.1, 0.15) is 0 Å². The Bertz CT molecular complexity index is 379. The SMILES string of the molecule is Cc1sc(C(=O)NCCCCCCC(C)C)cc1N. The quantitative estimate of drug-likeness (QED) is 0.709. The summed E-state index contributed by atoms with van der Waals surface area (Å²) in [6, 6.07) is 1.76. The van der Waals surface area contributed by atoms with Crippen molar-refractivity contribution in [1.29, 1.82) is 0 Å². The van der Waals surface area contributed by atoms with Gasteiger partial charge < -0.3 is 11.1 Å². The van der Waals surface area contributed by atoms with Crippen LogP contribution in [0.15, 0.2) is 6.07 Å². The first kappa shape index (κ1) is 16.0. The highest BCUT2D eigenvalue weighted by Crippen LogP contribution is 2.23. The topological polar surface area (TPSA) is 55.1 Å². The van der Waals surface area contributed by atoms with Crippen molar-refractivity contribution < 1.29 is 4.79 Å². The van der Waals surface area contributed by atoms with Crippen molar-refractivity contribution in [3.63, 3.8) is 0 Å². The Labute approximate surface area is 120 Å². The van der Waals surface area contributed by atoms with Crippen LogP contribution in [-0.4, -0.2) is 12.5 Å². The molecule has 0 atom stereocenters. The van der Waals surface area contributed by atoms with Gasteiger partial charge in [-0.1, -0.05) is 39.5 Å². The fourth-order valence-corrected chi connectivity index (χ4v) is 2.79. The van der Waals surface area contributed by atoms with E-state index in [2.05, 4.69) is 19.2 Å². The molecule has 3 N–H and O–H groups in total. The van der Waals surface area contributed by atoms with Crippen LogP contribution in [0.2, 0.25) is 0 Å². The van der Waals surface area contributed by atoms with Gasteiger partial charge >= 0.3 is 0 Å². The number of nitrogen functional groups attached to an aromatic ring is 1. The van der Waals surface area contributed by atoms with Gasteiger partial charge in [0, 0.05) is 17.1 Å². The fourth-order valence-electron chi connectivity index (χ4n) is 1.93. The van der Waals surface area contributed by atoms with Crippen LogP contribution in [0.1, 0.15) is 60.5 Å². The van der Waals surface area contributed by atoms with Crippen molar-refractivity contribution in [3.8, 4) is 0 Å². The Kier molecular flexibility index (Phi) is 6.92. The largest absolute Gasteiger partial charge is 0.398 e. The van der Waals surface area contributed by atoms with Gasteiger partial charge in [-0.25, -0.2) is 0 Å². The van der Waals surface area contributed by atoms with E-state index in [0.29, 0.717) is 5.69 Å². The number of aryl methyl sites for hydroxylation is 1. The first-order valence-electron chi connectivity index (χ1n) is 7.14. The van der Waals surface area contributed by atoms with Crippen molar-refractivity contribution in [1.82, 2.24) is 5.32 Å². The number of rotatable bonds is 8. The van der Waals surface area contributed by atoms with Crippen LogP contribution < -0.4 is 11.1 Å². The Balaban J connectivity index is 2.11. The molecule has 3 nitrogen and oxygen atoms in total. The van der Waals surface area contributed by atoms with E-state index in [9.17, 15) is 4.79 Å². The van der Waals surface area contributed by atoms with Gasteiger partial charge in [-0.3, -0.25) is 4.79 Å². The van der Waals surface area contributed by atoms with E-state index in [1.165, 1.54) is 37.0 Å². The number of unbranched alkanes of at least 4 members (excludes halogenated alkanes) is 3. The van der Waals surface area contributed by atoms with E-state index in [1.807, 2.05) is 6.92 Å². The van der Waals surface area contributed by atoms with Crippen molar-refractivity contribution in [2.45, 2.75) is 52.9 Å². The molecular weight excluding hydrogens is 256 g/mol. The molecule has 0 fully saturated rings. The lowest BCUT2D eigenvalue weighted by Gasteiger charge is -2.05. The highest BCUT2D eigenvalue weighted by atomic mass is 32.1. The van der Waals surface area contributed by atoms with E-state index < -0.39 is 0 Å². The molecular formula is C15H26N2OS. The predicted octanol–water partition coefficient (Wildman–Crippen LogP) is 3.98. The van der Waals surface area contributed by atoms with Gasteiger partial charge in [0.15, 0.2) is 0 Å². The average molecular weight is 282 g/mol. The molecule has 1 aromatic heterocycles. The summed E-state index contributed by atoms with van der Waals surface area (Å²) in [5.74, 6) is 0.805. The predicted molar refractivity (Wildman–Crippen MR) is 83.7 cm³/mol. The fraction of sp³-hybridized carbons (Fsp3) is 0.667. The summed E-state index contributed by atoms with van der Waals surface area (Å²) >= 11 is 1.46. The number of anilines is 1. The monoisotopic (exact) mass is 282 g/mol. The van der Waals surface area contributed by atoms with Crippen LogP contribution in [0.5, 0.6) is 0 Å². The van der Waals surface area contributed by atoms with Crippen LogP contribution in [0.4, 0.5) is 5.69 Å². The molecule has 1 rings (SSSR count). The lowest BCUT2D eigenvalue weighted by atomic mass is 10.0. The molecule has 4 heteroatoms. The maximum absolute atomic E-state index is 11.8. The van der Waals surface area contributed by atoms with E-state index in [4.69, 9.17) is 5.73 Å². The number of thiophene rings is 1. The number of hydrogen-bond donors (Lipinski definition) is 2. The van der Waals surface area contributed by atoms with Gasteiger partial charge in [0.25, 0.3) is 5.91 Å². The number of carbonyl (C=O) groups excluding carboxylic acids is 1. The van der Waals surface area contributed by atoms with Gasteiger partial charge in [-0.2, -0.15) is 0 Å². The first-order chi connectivity index (χ1) is 9.00. The van der Waals surface area contributed by atoms with Crippen molar-refractivity contribution in [3.05, 3.63) is 15.8 Å². The Morgan fingerprint density at radius 2 is 2.00 bits per heavy atom. The molecule has 0 aliphatic rings. The third kappa shape index (κ3) is 6.10. The van der Waals surface area contributed by atoms with Crippen LogP contribution in [0, 0.1) is 12.8 Å². The summed E-state index contributed by atoms with van der Waals surface area (Å²) in [6.07, 6.45) is 6.12. The molecule has 0 radical (unpaired) electrons. The standard InChI is InChI=1S/C15H26N2OS/c1-11(2)8-6-4-5-7-9-17-15(18)14-10-13(16)12(3)19-14/h10-11H,4-9,16H2,1-3H3,(H,17,18). The number of amides is 1. The molecule has 0 bridgehead atoms. The highest BCUT2D eigenvalue weighted by Gasteiger charge is 2.09. The van der Waals surface area contributed by atoms with E-state index in [-0.39, 0.29) is 5.91 Å². The summed E-state index contributed by atoms with van der Waals surface area (Å²) in [5, 5.41) is 2.96. The summed E-state index contributed by atoms with van der Waals surface area (Å²) < 4.78 is 0.